The molecule has 0 atom stereocenters. The van der Waals surface area contributed by atoms with Crippen molar-refractivity contribution in [1.29, 1.82) is 0 Å². The van der Waals surface area contributed by atoms with Crippen molar-refractivity contribution in [2.24, 2.45) is 0 Å². The molecule has 6 heteroatoms. The third-order valence-electron chi connectivity index (χ3n) is 3.39. The van der Waals surface area contributed by atoms with Crippen LogP contribution in [0.4, 0.5) is 0 Å². The number of benzene rings is 1. The predicted molar refractivity (Wildman–Crippen MR) is 89.8 cm³/mol. The van der Waals surface area contributed by atoms with Gasteiger partial charge in [-0.05, 0) is 36.4 Å². The van der Waals surface area contributed by atoms with Gasteiger partial charge >= 0.3 is 5.97 Å². The number of pyridine rings is 1. The minimum atomic E-state index is -1.11. The molecule has 0 spiro atoms. The second-order valence-corrected chi connectivity index (χ2v) is 5.78. The third-order valence-corrected chi connectivity index (χ3v) is 3.88. The normalized spacial score (nSPS) is 10.7. The van der Waals surface area contributed by atoms with Gasteiger partial charge in [-0.25, -0.2) is 9.78 Å². The first kappa shape index (κ1) is 15.2. The first-order valence-electron chi connectivity index (χ1n) is 6.63. The minimum Gasteiger partial charge on any atom is -0.504 e. The summed E-state index contributed by atoms with van der Waals surface area (Å²) >= 11 is 3.30. The summed E-state index contributed by atoms with van der Waals surface area (Å²) in [7, 11) is 0. The number of carboxylic acids is 1. The van der Waals surface area contributed by atoms with Gasteiger partial charge in [0.15, 0.2) is 5.75 Å². The molecule has 0 aliphatic heterocycles. The highest BCUT2D eigenvalue weighted by molar-refractivity contribution is 9.10. The van der Waals surface area contributed by atoms with Gasteiger partial charge in [0.25, 0.3) is 0 Å². The molecule has 0 saturated carbocycles. The maximum absolute atomic E-state index is 11.7. The molecule has 2 aromatic carbocycles. The lowest BCUT2D eigenvalue weighted by molar-refractivity contribution is 0.0699. The summed E-state index contributed by atoms with van der Waals surface area (Å²) in [6.07, 6.45) is 0. The molecule has 114 valence electrons. The zero-order chi connectivity index (χ0) is 16.6. The monoisotopic (exact) mass is 371 g/mol. The van der Waals surface area contributed by atoms with E-state index in [2.05, 4.69) is 20.9 Å². The Morgan fingerprint density at radius 1 is 1.09 bits per heavy atom. The van der Waals surface area contributed by atoms with Gasteiger partial charge < -0.3 is 10.2 Å². The van der Waals surface area contributed by atoms with Gasteiger partial charge in [0.2, 0.25) is 5.43 Å². The summed E-state index contributed by atoms with van der Waals surface area (Å²) in [5.74, 6) is -1.57. The van der Waals surface area contributed by atoms with Crippen LogP contribution in [-0.4, -0.2) is 21.2 Å². The van der Waals surface area contributed by atoms with E-state index in [4.69, 9.17) is 0 Å². The van der Waals surface area contributed by atoms with Crippen molar-refractivity contribution in [3.8, 4) is 17.0 Å². The largest absolute Gasteiger partial charge is 0.504 e. The molecule has 0 unspecified atom stereocenters. The Kier molecular flexibility index (Phi) is 3.83. The van der Waals surface area contributed by atoms with E-state index in [0.29, 0.717) is 10.9 Å². The highest BCUT2D eigenvalue weighted by atomic mass is 79.9. The Morgan fingerprint density at radius 2 is 1.83 bits per heavy atom. The van der Waals surface area contributed by atoms with Gasteiger partial charge in [-0.15, -0.1) is 0 Å². The number of aromatic hydroxyl groups is 1. The smallest absolute Gasteiger partial charge is 0.336 e. The fraction of sp³-hybridized carbons (Fsp3) is 0. The summed E-state index contributed by atoms with van der Waals surface area (Å²) in [6.45, 7) is 0. The SMILES string of the molecule is O=C(O)c1cc(-c2ccccc(=O)c2O)nc2ccc(Br)cc12. The number of fused-ring (bicyclic) bond motifs is 1. The summed E-state index contributed by atoms with van der Waals surface area (Å²) in [4.78, 5) is 27.7. The molecule has 23 heavy (non-hydrogen) atoms. The lowest BCUT2D eigenvalue weighted by Crippen LogP contribution is -2.01. The molecule has 0 fully saturated rings. The molecular weight excluding hydrogens is 362 g/mol. The van der Waals surface area contributed by atoms with Crippen molar-refractivity contribution in [3.05, 3.63) is 68.8 Å². The Labute approximate surface area is 139 Å². The van der Waals surface area contributed by atoms with Crippen LogP contribution in [0.25, 0.3) is 22.2 Å². The molecule has 5 nitrogen and oxygen atoms in total. The maximum Gasteiger partial charge on any atom is 0.336 e. The van der Waals surface area contributed by atoms with Crippen molar-refractivity contribution < 1.29 is 15.0 Å². The van der Waals surface area contributed by atoms with Gasteiger partial charge in [0.05, 0.1) is 16.8 Å². The van der Waals surface area contributed by atoms with Crippen LogP contribution in [0.5, 0.6) is 5.75 Å². The zero-order valence-corrected chi connectivity index (χ0v) is 13.2. The molecule has 1 aromatic heterocycles. The van der Waals surface area contributed by atoms with Crippen molar-refractivity contribution in [2.75, 3.05) is 0 Å². The first-order valence-corrected chi connectivity index (χ1v) is 7.43. The quantitative estimate of drug-likeness (QED) is 0.720. The van der Waals surface area contributed by atoms with Crippen LogP contribution in [0.3, 0.4) is 0 Å². The Bertz CT molecular complexity index is 1000. The number of hydrogen-bond acceptors (Lipinski definition) is 4. The second-order valence-electron chi connectivity index (χ2n) is 4.87. The maximum atomic E-state index is 11.7. The van der Waals surface area contributed by atoms with Crippen molar-refractivity contribution >= 4 is 32.8 Å². The number of halogens is 1. The molecule has 0 aliphatic carbocycles. The van der Waals surface area contributed by atoms with Crippen LogP contribution in [-0.2, 0) is 0 Å². The van der Waals surface area contributed by atoms with Crippen LogP contribution in [0.2, 0.25) is 0 Å². The summed E-state index contributed by atoms with van der Waals surface area (Å²) < 4.78 is 0.734. The van der Waals surface area contributed by atoms with Crippen LogP contribution in [0.1, 0.15) is 10.4 Å². The molecule has 3 aromatic rings. The van der Waals surface area contributed by atoms with Crippen LogP contribution >= 0.6 is 15.9 Å². The van der Waals surface area contributed by atoms with E-state index in [0.717, 1.165) is 4.47 Å². The summed E-state index contributed by atoms with van der Waals surface area (Å²) in [5, 5.41) is 20.0. The van der Waals surface area contributed by atoms with Gasteiger partial charge in [0, 0.05) is 15.4 Å². The van der Waals surface area contributed by atoms with Gasteiger partial charge in [-0.1, -0.05) is 28.1 Å². The average Bonchev–Trinajstić information content (AvgIpc) is 2.68. The molecular formula is C17H10BrNO4. The highest BCUT2D eigenvalue weighted by Gasteiger charge is 2.15. The van der Waals surface area contributed by atoms with Gasteiger partial charge in [-0.3, -0.25) is 4.79 Å². The van der Waals surface area contributed by atoms with Gasteiger partial charge in [0.1, 0.15) is 0 Å². The van der Waals surface area contributed by atoms with E-state index in [-0.39, 0.29) is 16.8 Å². The Balaban J connectivity index is 2.39. The summed E-state index contributed by atoms with van der Waals surface area (Å²) in [5.41, 5.74) is 0.362. The first-order chi connectivity index (χ1) is 11.0. The average molecular weight is 372 g/mol. The van der Waals surface area contributed by atoms with E-state index in [1.807, 2.05) is 0 Å². The fourth-order valence-corrected chi connectivity index (χ4v) is 2.67. The number of carboxylic acid groups (broad SMARTS) is 1. The molecule has 0 amide bonds. The number of carbonyl (C=O) groups is 1. The lowest BCUT2D eigenvalue weighted by Gasteiger charge is -2.07. The number of hydrogen-bond donors (Lipinski definition) is 2. The third kappa shape index (κ3) is 2.80. The lowest BCUT2D eigenvalue weighted by atomic mass is 10.0. The molecule has 1 heterocycles. The molecule has 3 rings (SSSR count). The Morgan fingerprint density at radius 3 is 2.57 bits per heavy atom. The summed E-state index contributed by atoms with van der Waals surface area (Å²) in [6, 6.07) is 12.3. The van der Waals surface area contributed by atoms with E-state index in [1.165, 1.54) is 24.3 Å². The van der Waals surface area contributed by atoms with Crippen molar-refractivity contribution in [3.63, 3.8) is 0 Å². The topological polar surface area (TPSA) is 87.5 Å². The molecule has 0 saturated heterocycles. The number of rotatable bonds is 2. The van der Waals surface area contributed by atoms with Crippen molar-refractivity contribution in [1.82, 2.24) is 4.98 Å². The molecule has 0 bridgehead atoms. The van der Waals surface area contributed by atoms with Crippen LogP contribution in [0, 0.1) is 0 Å². The zero-order valence-electron chi connectivity index (χ0n) is 11.7. The van der Waals surface area contributed by atoms with Crippen LogP contribution in [0.15, 0.2) is 57.8 Å². The van der Waals surface area contributed by atoms with E-state index in [1.54, 1.807) is 24.3 Å². The number of aromatic carboxylic acids is 1. The number of aromatic nitrogens is 1. The van der Waals surface area contributed by atoms with E-state index < -0.39 is 17.1 Å². The minimum absolute atomic E-state index is 0.0460. The molecule has 0 radical (unpaired) electrons. The van der Waals surface area contributed by atoms with Crippen molar-refractivity contribution in [2.45, 2.75) is 0 Å². The molecule has 2 N–H and O–H groups in total. The number of nitrogens with zero attached hydrogens (tertiary/aromatic N) is 1. The second kappa shape index (κ2) is 5.81. The predicted octanol–water partition coefficient (Wildman–Crippen LogP) is 3.43. The van der Waals surface area contributed by atoms with Gasteiger partial charge in [-0.2, -0.15) is 0 Å². The molecule has 0 aliphatic rings. The Hall–Kier alpha value is -2.73. The van der Waals surface area contributed by atoms with Crippen LogP contribution < -0.4 is 5.43 Å². The fourth-order valence-electron chi connectivity index (χ4n) is 2.30. The standard InChI is InChI=1S/C17H10BrNO4/c18-9-5-6-13-11(7-9)12(17(22)23)8-14(19-13)10-3-1-2-4-15(20)16(10)21/h1-8H,(H,20,21)(H,22,23). The van der Waals surface area contributed by atoms with E-state index in [9.17, 15) is 19.8 Å². The van der Waals surface area contributed by atoms with E-state index >= 15 is 0 Å². The highest BCUT2D eigenvalue weighted by Crippen LogP contribution is 2.29.